The van der Waals surface area contributed by atoms with Crippen molar-refractivity contribution in [3.05, 3.63) is 47.9 Å². The van der Waals surface area contributed by atoms with Crippen LogP contribution in [0.1, 0.15) is 44.1 Å². The Morgan fingerprint density at radius 1 is 1.28 bits per heavy atom. The molecule has 3 rings (SSSR count). The Bertz CT molecular complexity index is 746. The van der Waals surface area contributed by atoms with Crippen molar-refractivity contribution in [1.82, 2.24) is 4.98 Å². The predicted molar refractivity (Wildman–Crippen MR) is 98.3 cm³/mol. The second-order valence-corrected chi connectivity index (χ2v) is 7.72. The highest BCUT2D eigenvalue weighted by Crippen LogP contribution is 2.39. The summed E-state index contributed by atoms with van der Waals surface area (Å²) in [5, 5.41) is 10.3. The van der Waals surface area contributed by atoms with Crippen LogP contribution in [0.2, 0.25) is 0 Å². The lowest BCUT2D eigenvalue weighted by atomic mass is 10.00. The highest BCUT2D eigenvalue weighted by Gasteiger charge is 2.21. The van der Waals surface area contributed by atoms with E-state index in [1.165, 1.54) is 19.3 Å². The number of carbonyl (C=O) groups is 1. The van der Waals surface area contributed by atoms with Gasteiger partial charge in [0.1, 0.15) is 10.8 Å². The third-order valence-electron chi connectivity index (χ3n) is 4.55. The van der Waals surface area contributed by atoms with Gasteiger partial charge in [0, 0.05) is 23.4 Å². The molecule has 0 spiro atoms. The molecular weight excluding hydrogens is 337 g/mol. The maximum Gasteiger partial charge on any atom is 0.303 e. The van der Waals surface area contributed by atoms with Crippen LogP contribution in [-0.2, 0) is 11.2 Å². The summed E-state index contributed by atoms with van der Waals surface area (Å²) in [7, 11) is 0. The third-order valence-corrected chi connectivity index (χ3v) is 5.91. The summed E-state index contributed by atoms with van der Waals surface area (Å²) < 4.78 is 14.4. The maximum atomic E-state index is 14.4. The molecule has 1 saturated carbocycles. The lowest BCUT2D eigenvalue weighted by Crippen LogP contribution is -2.13. The molecule has 0 bridgehead atoms. The van der Waals surface area contributed by atoms with Gasteiger partial charge >= 0.3 is 5.97 Å². The molecule has 0 saturated heterocycles. The van der Waals surface area contributed by atoms with Crippen LogP contribution in [0.3, 0.4) is 0 Å². The minimum absolute atomic E-state index is 0.136. The first kappa shape index (κ1) is 17.9. The number of hydrogen-bond acceptors (Lipinski definition) is 3. The quantitative estimate of drug-likeness (QED) is 0.647. The fourth-order valence-corrected chi connectivity index (χ4v) is 4.18. The fourth-order valence-electron chi connectivity index (χ4n) is 2.86. The summed E-state index contributed by atoms with van der Waals surface area (Å²) in [5.41, 5.74) is 2.48. The summed E-state index contributed by atoms with van der Waals surface area (Å²) in [6.07, 6.45) is 7.48. The van der Waals surface area contributed by atoms with Crippen molar-refractivity contribution in [2.24, 2.45) is 0 Å². The number of unbranched alkanes of at least 4 members (excludes halogenated alkanes) is 1. The summed E-state index contributed by atoms with van der Waals surface area (Å²) in [6, 6.07) is 9.22. The Morgan fingerprint density at radius 3 is 2.80 bits per heavy atom. The van der Waals surface area contributed by atoms with Gasteiger partial charge in [0.05, 0.1) is 0 Å². The number of hydrogen-bond donors (Lipinski definition) is 1. The van der Waals surface area contributed by atoms with E-state index in [4.69, 9.17) is 5.11 Å². The lowest BCUT2D eigenvalue weighted by Gasteiger charge is -2.25. The topological polar surface area (TPSA) is 50.2 Å². The summed E-state index contributed by atoms with van der Waals surface area (Å²) in [4.78, 5) is 15.0. The number of aryl methyl sites for hydroxylation is 1. The summed E-state index contributed by atoms with van der Waals surface area (Å²) >= 11 is 1.79. The Labute approximate surface area is 151 Å². The van der Waals surface area contributed by atoms with Gasteiger partial charge < -0.3 is 5.11 Å². The number of pyridine rings is 1. The minimum atomic E-state index is -0.802. The molecule has 1 heterocycles. The number of carboxylic acids is 1. The van der Waals surface area contributed by atoms with Crippen LogP contribution in [0.25, 0.3) is 11.1 Å². The van der Waals surface area contributed by atoms with E-state index in [1.807, 2.05) is 24.3 Å². The van der Waals surface area contributed by atoms with E-state index in [0.717, 1.165) is 16.2 Å². The zero-order valence-corrected chi connectivity index (χ0v) is 14.9. The number of carboxylic acid groups (broad SMARTS) is 1. The smallest absolute Gasteiger partial charge is 0.303 e. The van der Waals surface area contributed by atoms with Gasteiger partial charge in [-0.3, -0.25) is 4.79 Å². The second-order valence-electron chi connectivity index (χ2n) is 6.43. The molecule has 1 fully saturated rings. The first-order chi connectivity index (χ1) is 12.1. The van der Waals surface area contributed by atoms with Crippen LogP contribution >= 0.6 is 11.8 Å². The molecule has 1 aliphatic carbocycles. The summed E-state index contributed by atoms with van der Waals surface area (Å²) in [5.74, 6) is -1.03. The molecule has 3 nitrogen and oxygen atoms in total. The molecule has 2 aromatic rings. The van der Waals surface area contributed by atoms with Crippen molar-refractivity contribution in [3.63, 3.8) is 0 Å². The number of benzene rings is 1. The number of aromatic nitrogens is 1. The van der Waals surface area contributed by atoms with Gasteiger partial charge in [-0.15, -0.1) is 11.8 Å². The Morgan fingerprint density at radius 2 is 2.12 bits per heavy atom. The van der Waals surface area contributed by atoms with Gasteiger partial charge in [0.15, 0.2) is 0 Å². The van der Waals surface area contributed by atoms with Gasteiger partial charge in [-0.2, -0.15) is 0 Å². The van der Waals surface area contributed by atoms with Gasteiger partial charge in [0.25, 0.3) is 0 Å². The van der Waals surface area contributed by atoms with Crippen molar-refractivity contribution in [2.75, 3.05) is 0 Å². The highest BCUT2D eigenvalue weighted by molar-refractivity contribution is 8.00. The van der Waals surface area contributed by atoms with Crippen LogP contribution in [-0.4, -0.2) is 21.3 Å². The molecule has 1 aromatic heterocycles. The zero-order valence-electron chi connectivity index (χ0n) is 14.1. The van der Waals surface area contributed by atoms with Crippen molar-refractivity contribution in [1.29, 1.82) is 0 Å². The predicted octanol–water partition coefficient (Wildman–Crippen LogP) is 5.33. The van der Waals surface area contributed by atoms with E-state index < -0.39 is 5.97 Å². The Hall–Kier alpha value is -1.88. The zero-order chi connectivity index (χ0) is 17.6. The van der Waals surface area contributed by atoms with Crippen LogP contribution in [0.4, 0.5) is 4.39 Å². The average molecular weight is 359 g/mol. The van der Waals surface area contributed by atoms with Crippen LogP contribution in [0.5, 0.6) is 0 Å². The van der Waals surface area contributed by atoms with Crippen molar-refractivity contribution < 1.29 is 14.3 Å². The van der Waals surface area contributed by atoms with Gasteiger partial charge in [-0.1, -0.05) is 24.6 Å². The molecule has 0 aliphatic heterocycles. The molecule has 0 atom stereocenters. The largest absolute Gasteiger partial charge is 0.481 e. The molecule has 0 amide bonds. The summed E-state index contributed by atoms with van der Waals surface area (Å²) in [6.45, 7) is 0. The molecule has 1 N–H and O–H groups in total. The van der Waals surface area contributed by atoms with Gasteiger partial charge in [0.2, 0.25) is 0 Å². The van der Waals surface area contributed by atoms with E-state index in [-0.39, 0.29) is 12.2 Å². The standard InChI is InChI=1S/C20H22FNO2S/c21-18-13-15(11-10-14(18)5-1-2-9-19(23)24)17-8-4-12-22-20(17)25-16-6-3-7-16/h4,8,10-13,16H,1-3,5-7,9H2,(H,23,24). The normalized spacial score (nSPS) is 14.3. The minimum Gasteiger partial charge on any atom is -0.481 e. The molecule has 0 radical (unpaired) electrons. The van der Waals surface area contributed by atoms with Gasteiger partial charge in [-0.05, 0) is 55.4 Å². The molecule has 1 aliphatic rings. The van der Waals surface area contributed by atoms with E-state index in [9.17, 15) is 9.18 Å². The first-order valence-electron chi connectivity index (χ1n) is 8.76. The number of halogens is 1. The monoisotopic (exact) mass is 359 g/mol. The number of rotatable bonds is 8. The fraction of sp³-hybridized carbons (Fsp3) is 0.400. The van der Waals surface area contributed by atoms with Crippen LogP contribution in [0.15, 0.2) is 41.6 Å². The maximum absolute atomic E-state index is 14.4. The molecule has 0 unspecified atom stereocenters. The van der Waals surface area contributed by atoms with Crippen molar-refractivity contribution in [2.45, 2.75) is 55.2 Å². The molecule has 5 heteroatoms. The van der Waals surface area contributed by atoms with E-state index in [2.05, 4.69) is 4.98 Å². The SMILES string of the molecule is O=C(O)CCCCc1ccc(-c2cccnc2SC2CCC2)cc1F. The molecule has 1 aromatic carbocycles. The van der Waals surface area contributed by atoms with Crippen molar-refractivity contribution >= 4 is 17.7 Å². The molecule has 132 valence electrons. The highest BCUT2D eigenvalue weighted by atomic mass is 32.2. The third kappa shape index (κ3) is 4.82. The molecular formula is C20H22FNO2S. The number of aliphatic carboxylic acids is 1. The van der Waals surface area contributed by atoms with Crippen LogP contribution in [0, 0.1) is 5.82 Å². The first-order valence-corrected chi connectivity index (χ1v) is 9.63. The van der Waals surface area contributed by atoms with E-state index >= 15 is 0 Å². The molecule has 25 heavy (non-hydrogen) atoms. The second kappa shape index (κ2) is 8.48. The lowest BCUT2D eigenvalue weighted by molar-refractivity contribution is -0.137. The Kier molecular flexibility index (Phi) is 6.08. The van der Waals surface area contributed by atoms with Gasteiger partial charge in [-0.25, -0.2) is 9.37 Å². The number of thioether (sulfide) groups is 1. The van der Waals surface area contributed by atoms with Crippen LogP contribution < -0.4 is 0 Å². The number of nitrogens with zero attached hydrogens (tertiary/aromatic N) is 1. The van der Waals surface area contributed by atoms with Crippen molar-refractivity contribution in [3.8, 4) is 11.1 Å². The Balaban J connectivity index is 1.71. The average Bonchev–Trinajstić information content (AvgIpc) is 2.56. The van der Waals surface area contributed by atoms with E-state index in [0.29, 0.717) is 30.1 Å². The van der Waals surface area contributed by atoms with E-state index in [1.54, 1.807) is 24.0 Å².